The molecule has 1 unspecified atom stereocenters. The number of methoxy groups -OCH3 is 1. The average molecular weight is 510 g/mol. The Morgan fingerprint density at radius 2 is 1.86 bits per heavy atom. The van der Waals surface area contributed by atoms with Crippen molar-refractivity contribution in [1.82, 2.24) is 15.1 Å². The number of amides is 1. The third-order valence-corrected chi connectivity index (χ3v) is 7.24. The largest absolute Gasteiger partial charge is 0.481 e. The zero-order valence-corrected chi connectivity index (χ0v) is 23.6. The maximum Gasteiger partial charge on any atom is 0.254 e. The number of amidine groups is 1. The van der Waals surface area contributed by atoms with Crippen molar-refractivity contribution >= 4 is 17.4 Å². The van der Waals surface area contributed by atoms with Crippen LogP contribution in [0.1, 0.15) is 58.4 Å². The summed E-state index contributed by atoms with van der Waals surface area (Å²) in [5, 5.41) is 3.38. The van der Waals surface area contributed by atoms with E-state index in [9.17, 15) is 4.79 Å². The summed E-state index contributed by atoms with van der Waals surface area (Å²) in [6.07, 6.45) is 10.7. The fraction of sp³-hybridized carbons (Fsp3) is 0.600. The number of aliphatic imine (C=N–C) groups is 1. The molecule has 1 atom stereocenters. The molecule has 0 aromatic heterocycles. The molecule has 2 fully saturated rings. The topological polar surface area (TPSA) is 60.4 Å². The SMILES string of the molecule is CCC/C=C(/N=C(\C=C(/C)C(=O)N1c2ccccc2CCC1C)N1CCNCC1)OC.CN1CCCC1. The van der Waals surface area contributed by atoms with Gasteiger partial charge in [-0.3, -0.25) is 4.79 Å². The molecule has 37 heavy (non-hydrogen) atoms. The number of carbonyl (C=O) groups is 1. The van der Waals surface area contributed by atoms with E-state index in [1.807, 2.05) is 36.1 Å². The summed E-state index contributed by atoms with van der Waals surface area (Å²) >= 11 is 0. The first-order valence-electron chi connectivity index (χ1n) is 14.0. The first kappa shape index (κ1) is 28.9. The van der Waals surface area contributed by atoms with Crippen molar-refractivity contribution in [2.24, 2.45) is 4.99 Å². The number of anilines is 1. The minimum Gasteiger partial charge on any atom is -0.481 e. The minimum atomic E-state index is 0.0407. The van der Waals surface area contributed by atoms with Gasteiger partial charge in [-0.2, -0.15) is 4.99 Å². The van der Waals surface area contributed by atoms with Gasteiger partial charge in [-0.25, -0.2) is 0 Å². The normalized spacial score (nSPS) is 21.3. The summed E-state index contributed by atoms with van der Waals surface area (Å²) in [5.74, 6) is 1.43. The Hall–Kier alpha value is -2.64. The Morgan fingerprint density at radius 1 is 1.16 bits per heavy atom. The lowest BCUT2D eigenvalue weighted by atomic mass is 9.96. The summed E-state index contributed by atoms with van der Waals surface area (Å²) in [5.41, 5.74) is 2.95. The van der Waals surface area contributed by atoms with E-state index in [1.54, 1.807) is 7.11 Å². The first-order valence-corrected chi connectivity index (χ1v) is 14.0. The van der Waals surface area contributed by atoms with Gasteiger partial charge in [0.15, 0.2) is 0 Å². The Labute approximate surface area is 224 Å². The molecule has 1 amide bonds. The number of aryl methyl sites for hydroxylation is 1. The number of carbonyl (C=O) groups excluding carboxylic acids is 1. The molecule has 0 saturated carbocycles. The van der Waals surface area contributed by atoms with Crippen LogP contribution in [0.2, 0.25) is 0 Å². The molecule has 1 aromatic carbocycles. The zero-order chi connectivity index (χ0) is 26.6. The fourth-order valence-corrected chi connectivity index (χ4v) is 4.96. The van der Waals surface area contributed by atoms with Crippen LogP contribution in [0.5, 0.6) is 0 Å². The van der Waals surface area contributed by atoms with Gasteiger partial charge in [0.25, 0.3) is 5.91 Å². The molecule has 7 nitrogen and oxygen atoms in total. The molecule has 3 aliphatic heterocycles. The lowest BCUT2D eigenvalue weighted by molar-refractivity contribution is -0.115. The molecule has 2 saturated heterocycles. The van der Waals surface area contributed by atoms with Gasteiger partial charge in [0, 0.05) is 43.5 Å². The molecule has 1 N–H and O–H groups in total. The predicted molar refractivity (Wildman–Crippen MR) is 154 cm³/mol. The van der Waals surface area contributed by atoms with Crippen LogP contribution in [0.4, 0.5) is 5.69 Å². The number of para-hydroxylation sites is 1. The molecule has 0 radical (unpaired) electrons. The molecule has 3 aliphatic rings. The van der Waals surface area contributed by atoms with Gasteiger partial charge in [-0.05, 0) is 89.9 Å². The number of nitrogens with one attached hydrogen (secondary N) is 1. The van der Waals surface area contributed by atoms with E-state index in [1.165, 1.54) is 31.5 Å². The summed E-state index contributed by atoms with van der Waals surface area (Å²) in [7, 11) is 3.82. The quantitative estimate of drug-likeness (QED) is 0.263. The van der Waals surface area contributed by atoms with Crippen molar-refractivity contribution in [2.45, 2.75) is 65.3 Å². The first-order chi connectivity index (χ1) is 17.9. The molecule has 204 valence electrons. The molecule has 4 rings (SSSR count). The molecule has 7 heteroatoms. The monoisotopic (exact) mass is 509 g/mol. The third-order valence-electron chi connectivity index (χ3n) is 7.24. The summed E-state index contributed by atoms with van der Waals surface area (Å²) < 4.78 is 5.50. The van der Waals surface area contributed by atoms with Gasteiger partial charge in [-0.15, -0.1) is 0 Å². The number of piperazine rings is 1. The van der Waals surface area contributed by atoms with Crippen molar-refractivity contribution in [3.05, 3.63) is 53.4 Å². The van der Waals surface area contributed by atoms with Gasteiger partial charge in [0.05, 0.1) is 7.11 Å². The van der Waals surface area contributed by atoms with E-state index >= 15 is 0 Å². The van der Waals surface area contributed by atoms with Crippen LogP contribution in [-0.2, 0) is 16.0 Å². The fourth-order valence-electron chi connectivity index (χ4n) is 4.96. The van der Waals surface area contributed by atoms with Crippen molar-refractivity contribution in [2.75, 3.05) is 58.3 Å². The smallest absolute Gasteiger partial charge is 0.254 e. The van der Waals surface area contributed by atoms with Crippen LogP contribution >= 0.6 is 0 Å². The number of rotatable bonds is 6. The number of unbranched alkanes of at least 4 members (excludes halogenated alkanes) is 1. The lowest BCUT2D eigenvalue weighted by Crippen LogP contribution is -2.46. The van der Waals surface area contributed by atoms with Gasteiger partial charge in [0.2, 0.25) is 5.88 Å². The van der Waals surface area contributed by atoms with Crippen molar-refractivity contribution in [3.63, 3.8) is 0 Å². The molecular weight excluding hydrogens is 462 g/mol. The zero-order valence-electron chi connectivity index (χ0n) is 23.6. The van der Waals surface area contributed by atoms with Crippen LogP contribution in [0.3, 0.4) is 0 Å². The van der Waals surface area contributed by atoms with Gasteiger partial charge >= 0.3 is 0 Å². The maximum absolute atomic E-state index is 13.5. The summed E-state index contributed by atoms with van der Waals surface area (Å²) in [4.78, 5) is 24.9. The van der Waals surface area contributed by atoms with E-state index in [0.29, 0.717) is 11.5 Å². The van der Waals surface area contributed by atoms with Crippen LogP contribution in [0, 0.1) is 0 Å². The van der Waals surface area contributed by atoms with Crippen LogP contribution < -0.4 is 10.2 Å². The summed E-state index contributed by atoms with van der Waals surface area (Å²) in [6, 6.07) is 8.40. The molecular formula is C30H47N5O2. The summed E-state index contributed by atoms with van der Waals surface area (Å²) in [6.45, 7) is 12.3. The maximum atomic E-state index is 13.5. The molecule has 0 bridgehead atoms. The number of hydrogen-bond donors (Lipinski definition) is 1. The van der Waals surface area contributed by atoms with E-state index in [0.717, 1.165) is 63.4 Å². The van der Waals surface area contributed by atoms with Gasteiger partial charge in [0.1, 0.15) is 5.84 Å². The highest BCUT2D eigenvalue weighted by molar-refractivity contribution is 6.10. The Bertz CT molecular complexity index is 958. The van der Waals surface area contributed by atoms with E-state index in [-0.39, 0.29) is 11.9 Å². The van der Waals surface area contributed by atoms with Crippen LogP contribution in [0.25, 0.3) is 0 Å². The number of hydrogen-bond acceptors (Lipinski definition) is 5. The Morgan fingerprint density at radius 3 is 2.49 bits per heavy atom. The molecule has 3 heterocycles. The highest BCUT2D eigenvalue weighted by atomic mass is 16.5. The van der Waals surface area contributed by atoms with E-state index in [2.05, 4.69) is 48.1 Å². The van der Waals surface area contributed by atoms with Crippen LogP contribution in [0.15, 0.2) is 52.9 Å². The van der Waals surface area contributed by atoms with E-state index in [4.69, 9.17) is 9.73 Å². The number of likely N-dealkylation sites (tertiary alicyclic amines) is 1. The molecule has 0 aliphatic carbocycles. The number of ether oxygens (including phenoxy) is 1. The number of benzene rings is 1. The van der Waals surface area contributed by atoms with Crippen molar-refractivity contribution in [1.29, 1.82) is 0 Å². The van der Waals surface area contributed by atoms with E-state index < -0.39 is 0 Å². The Balaban J connectivity index is 0.000000555. The van der Waals surface area contributed by atoms with Crippen molar-refractivity contribution in [3.8, 4) is 0 Å². The number of allylic oxidation sites excluding steroid dienone is 1. The number of nitrogens with zero attached hydrogens (tertiary/aromatic N) is 4. The predicted octanol–water partition coefficient (Wildman–Crippen LogP) is 4.60. The lowest BCUT2D eigenvalue weighted by Gasteiger charge is -2.36. The van der Waals surface area contributed by atoms with Crippen molar-refractivity contribution < 1.29 is 9.53 Å². The Kier molecular flexibility index (Phi) is 11.7. The van der Waals surface area contributed by atoms with Gasteiger partial charge in [-0.1, -0.05) is 31.5 Å². The highest BCUT2D eigenvalue weighted by Crippen LogP contribution is 2.31. The van der Waals surface area contributed by atoms with Crippen LogP contribution in [-0.4, -0.2) is 81.0 Å². The standard InChI is InChI=1S/C25H36N4O2.C5H11N/c1-5-6-11-24(31-4)27-23(28-16-14-26-15-17-28)18-19(2)25(30)29-20(3)12-13-21-9-7-8-10-22(21)29;1-6-4-2-3-5-6/h7-11,18,20,26H,5-6,12-17H2,1-4H3;2-5H2,1H3/b19-18+,24-11-,27-23+;. The second-order valence-corrected chi connectivity index (χ2v) is 10.3. The second kappa shape index (κ2) is 14.9. The van der Waals surface area contributed by atoms with Gasteiger partial charge < -0.3 is 24.8 Å². The third kappa shape index (κ3) is 8.44. The number of fused-ring (bicyclic) bond motifs is 1. The molecule has 1 aromatic rings. The second-order valence-electron chi connectivity index (χ2n) is 10.3. The average Bonchev–Trinajstić information content (AvgIpc) is 3.41. The molecule has 0 spiro atoms. The highest BCUT2D eigenvalue weighted by Gasteiger charge is 2.29. The minimum absolute atomic E-state index is 0.0407.